The van der Waals surface area contributed by atoms with Crippen LogP contribution >= 0.6 is 27.5 Å². The van der Waals surface area contributed by atoms with Gasteiger partial charge in [-0.3, -0.25) is 4.79 Å². The molecular weight excluding hydrogens is 340 g/mol. The van der Waals surface area contributed by atoms with Crippen LogP contribution in [0.3, 0.4) is 0 Å². The second kappa shape index (κ2) is 5.23. The molecule has 20 heavy (non-hydrogen) atoms. The molecule has 0 saturated heterocycles. The smallest absolute Gasteiger partial charge is 0.194 e. The molecule has 1 aliphatic heterocycles. The average Bonchev–Trinajstić information content (AvgIpc) is 2.79. The summed E-state index contributed by atoms with van der Waals surface area (Å²) < 4.78 is 6.40. The molecule has 102 valence electrons. The van der Waals surface area contributed by atoms with E-state index in [1.807, 2.05) is 19.1 Å². The first kappa shape index (κ1) is 13.7. The van der Waals surface area contributed by atoms with Crippen molar-refractivity contribution in [3.63, 3.8) is 0 Å². The molecule has 0 aliphatic carbocycles. The molecule has 0 spiro atoms. The van der Waals surface area contributed by atoms with E-state index in [2.05, 4.69) is 15.9 Å². The molecule has 0 fully saturated rings. The summed E-state index contributed by atoms with van der Waals surface area (Å²) in [6.07, 6.45) is 1.01. The molecule has 0 aromatic heterocycles. The largest absolute Gasteiger partial charge is 0.490 e. The summed E-state index contributed by atoms with van der Waals surface area (Å²) in [5.74, 6) is 0.834. The first-order valence-corrected chi connectivity index (χ1v) is 7.51. The van der Waals surface area contributed by atoms with Crippen molar-refractivity contribution >= 4 is 33.3 Å². The number of fused-ring (bicyclic) bond motifs is 1. The predicted molar refractivity (Wildman–Crippen MR) is 82.8 cm³/mol. The molecule has 1 atom stereocenters. The monoisotopic (exact) mass is 350 g/mol. The van der Waals surface area contributed by atoms with Crippen molar-refractivity contribution in [1.29, 1.82) is 0 Å². The van der Waals surface area contributed by atoms with E-state index in [0.717, 1.165) is 22.2 Å². The summed E-state index contributed by atoms with van der Waals surface area (Å²) in [5.41, 5.74) is 2.32. The summed E-state index contributed by atoms with van der Waals surface area (Å²) >= 11 is 9.36. The highest BCUT2D eigenvalue weighted by molar-refractivity contribution is 9.10. The third-order valence-electron chi connectivity index (χ3n) is 3.33. The van der Waals surface area contributed by atoms with Gasteiger partial charge in [0.15, 0.2) is 5.78 Å². The number of ketones is 1. The van der Waals surface area contributed by atoms with Gasteiger partial charge in [-0.05, 0) is 48.9 Å². The van der Waals surface area contributed by atoms with Crippen LogP contribution in [-0.2, 0) is 6.42 Å². The van der Waals surface area contributed by atoms with E-state index in [-0.39, 0.29) is 11.9 Å². The Morgan fingerprint density at radius 1 is 1.30 bits per heavy atom. The van der Waals surface area contributed by atoms with E-state index >= 15 is 0 Å². The lowest BCUT2D eigenvalue weighted by molar-refractivity contribution is 0.103. The van der Waals surface area contributed by atoms with Gasteiger partial charge in [0.05, 0.1) is 0 Å². The van der Waals surface area contributed by atoms with Crippen molar-refractivity contribution in [2.45, 2.75) is 19.4 Å². The second-order valence-corrected chi connectivity index (χ2v) is 6.20. The zero-order valence-corrected chi connectivity index (χ0v) is 13.2. The summed E-state index contributed by atoms with van der Waals surface area (Å²) in [4.78, 5) is 12.6. The molecule has 2 aromatic rings. The van der Waals surface area contributed by atoms with E-state index < -0.39 is 0 Å². The van der Waals surface area contributed by atoms with E-state index in [1.54, 1.807) is 24.3 Å². The third kappa shape index (κ3) is 2.48. The Hall–Kier alpha value is -1.32. The zero-order valence-electron chi connectivity index (χ0n) is 10.8. The van der Waals surface area contributed by atoms with E-state index in [1.165, 1.54) is 0 Å². The molecule has 0 saturated carbocycles. The highest BCUT2D eigenvalue weighted by atomic mass is 79.9. The Morgan fingerprint density at radius 2 is 2.10 bits per heavy atom. The van der Waals surface area contributed by atoms with Crippen molar-refractivity contribution in [1.82, 2.24) is 0 Å². The number of hydrogen-bond acceptors (Lipinski definition) is 2. The van der Waals surface area contributed by atoms with Crippen molar-refractivity contribution in [3.8, 4) is 5.75 Å². The fraction of sp³-hybridized carbons (Fsp3) is 0.188. The van der Waals surface area contributed by atoms with Crippen molar-refractivity contribution in [2.75, 3.05) is 0 Å². The van der Waals surface area contributed by atoms with Crippen LogP contribution < -0.4 is 4.74 Å². The molecule has 0 amide bonds. The molecule has 1 unspecified atom stereocenters. The lowest BCUT2D eigenvalue weighted by Crippen LogP contribution is -2.05. The van der Waals surface area contributed by atoms with Crippen LogP contribution in [0.2, 0.25) is 5.02 Å². The van der Waals surface area contributed by atoms with Crippen LogP contribution in [0.1, 0.15) is 28.4 Å². The number of carbonyl (C=O) groups is 1. The van der Waals surface area contributed by atoms with Gasteiger partial charge in [0.2, 0.25) is 0 Å². The van der Waals surface area contributed by atoms with Crippen LogP contribution in [0, 0.1) is 0 Å². The van der Waals surface area contributed by atoms with Crippen molar-refractivity contribution in [2.24, 2.45) is 0 Å². The number of carbonyl (C=O) groups excluding carboxylic acids is 1. The van der Waals surface area contributed by atoms with Gasteiger partial charge in [-0.2, -0.15) is 0 Å². The molecule has 0 bridgehead atoms. The third-order valence-corrected chi connectivity index (χ3v) is 4.26. The number of ether oxygens (including phenoxy) is 1. The second-order valence-electron chi connectivity index (χ2n) is 4.91. The van der Waals surface area contributed by atoms with Gasteiger partial charge in [-0.15, -0.1) is 0 Å². The predicted octanol–water partition coefficient (Wildman–Crippen LogP) is 4.66. The molecule has 1 heterocycles. The molecule has 0 radical (unpaired) electrons. The maximum Gasteiger partial charge on any atom is 0.194 e. The van der Waals surface area contributed by atoms with Crippen LogP contribution in [-0.4, -0.2) is 11.9 Å². The molecule has 1 aliphatic rings. The number of benzene rings is 2. The van der Waals surface area contributed by atoms with Gasteiger partial charge in [0, 0.05) is 27.0 Å². The van der Waals surface area contributed by atoms with Gasteiger partial charge in [-0.1, -0.05) is 27.5 Å². The van der Waals surface area contributed by atoms with E-state index in [9.17, 15) is 4.79 Å². The molecule has 4 heteroatoms. The van der Waals surface area contributed by atoms with Crippen LogP contribution in [0.25, 0.3) is 0 Å². The van der Waals surface area contributed by atoms with Crippen LogP contribution in [0.5, 0.6) is 5.75 Å². The van der Waals surface area contributed by atoms with Gasteiger partial charge in [0.25, 0.3) is 0 Å². The van der Waals surface area contributed by atoms with E-state index in [0.29, 0.717) is 16.1 Å². The minimum Gasteiger partial charge on any atom is -0.490 e. The summed E-state index contributed by atoms with van der Waals surface area (Å²) in [5, 5.41) is 0.551. The Balaban J connectivity index is 1.99. The maximum atomic E-state index is 12.6. The Kier molecular flexibility index (Phi) is 3.57. The molecule has 2 aromatic carbocycles. The lowest BCUT2D eigenvalue weighted by Gasteiger charge is -2.06. The Bertz CT molecular complexity index is 697. The number of rotatable bonds is 2. The van der Waals surface area contributed by atoms with Gasteiger partial charge in [-0.25, -0.2) is 0 Å². The first-order chi connectivity index (χ1) is 9.54. The number of hydrogen-bond donors (Lipinski definition) is 0. The fourth-order valence-corrected chi connectivity index (χ4v) is 2.99. The van der Waals surface area contributed by atoms with E-state index in [4.69, 9.17) is 16.3 Å². The average molecular weight is 352 g/mol. The first-order valence-electron chi connectivity index (χ1n) is 6.34. The summed E-state index contributed by atoms with van der Waals surface area (Å²) in [6.45, 7) is 2.02. The van der Waals surface area contributed by atoms with Crippen molar-refractivity contribution in [3.05, 3.63) is 62.6 Å². The topological polar surface area (TPSA) is 26.3 Å². The van der Waals surface area contributed by atoms with Gasteiger partial charge < -0.3 is 4.74 Å². The van der Waals surface area contributed by atoms with Crippen molar-refractivity contribution < 1.29 is 9.53 Å². The maximum absolute atomic E-state index is 12.6. The summed E-state index contributed by atoms with van der Waals surface area (Å²) in [7, 11) is 0. The molecular formula is C16H12BrClO2. The zero-order chi connectivity index (χ0) is 14.3. The quantitative estimate of drug-likeness (QED) is 0.736. The minimum absolute atomic E-state index is 0.0401. The van der Waals surface area contributed by atoms with Crippen LogP contribution in [0.15, 0.2) is 40.9 Å². The summed E-state index contributed by atoms with van der Waals surface area (Å²) in [6, 6.07) is 10.8. The molecule has 2 nitrogen and oxygen atoms in total. The highest BCUT2D eigenvalue weighted by Crippen LogP contribution is 2.31. The normalized spacial score (nSPS) is 16.6. The standard InChI is InChI=1S/C16H12BrClO2/c1-9-6-11-7-10(2-5-15(11)20-9)16(19)13-8-12(18)3-4-14(13)17/h2-5,7-9H,6H2,1H3. The minimum atomic E-state index is -0.0401. The Morgan fingerprint density at radius 3 is 2.90 bits per heavy atom. The fourth-order valence-electron chi connectivity index (χ4n) is 2.39. The molecule has 3 rings (SSSR count). The number of halogens is 2. The van der Waals surface area contributed by atoms with Gasteiger partial charge in [0.1, 0.15) is 11.9 Å². The lowest BCUT2D eigenvalue weighted by atomic mass is 10.00. The van der Waals surface area contributed by atoms with Gasteiger partial charge >= 0.3 is 0 Å². The molecule has 0 N–H and O–H groups in total. The highest BCUT2D eigenvalue weighted by Gasteiger charge is 2.21. The Labute approximate surface area is 130 Å². The van der Waals surface area contributed by atoms with Crippen LogP contribution in [0.4, 0.5) is 0 Å². The SMILES string of the molecule is CC1Cc2cc(C(=O)c3cc(Cl)ccc3Br)ccc2O1.